The molecule has 2 amide bonds. The Labute approximate surface area is 97.4 Å². The van der Waals surface area contributed by atoms with Crippen molar-refractivity contribution >= 4 is 11.8 Å². The highest BCUT2D eigenvalue weighted by molar-refractivity contribution is 5.97. The zero-order valence-corrected chi connectivity index (χ0v) is 10.8. The van der Waals surface area contributed by atoms with Gasteiger partial charge in [0.1, 0.15) is 5.54 Å². The second kappa shape index (κ2) is 4.44. The van der Waals surface area contributed by atoms with Crippen LogP contribution in [-0.2, 0) is 9.59 Å². The summed E-state index contributed by atoms with van der Waals surface area (Å²) in [6.45, 7) is 9.94. The predicted octanol–water partition coefficient (Wildman–Crippen LogP) is 1.16. The van der Waals surface area contributed by atoms with Crippen LogP contribution in [0.1, 0.15) is 41.0 Å². The summed E-state index contributed by atoms with van der Waals surface area (Å²) in [6, 6.07) is 0.123. The molecule has 1 fully saturated rings. The molecule has 0 spiro atoms. The lowest BCUT2D eigenvalue weighted by molar-refractivity contribution is -0.150. The number of piperazine rings is 1. The van der Waals surface area contributed by atoms with Gasteiger partial charge in [-0.05, 0) is 33.1 Å². The Morgan fingerprint density at radius 3 is 2.38 bits per heavy atom. The van der Waals surface area contributed by atoms with Gasteiger partial charge in [-0.1, -0.05) is 13.8 Å². The van der Waals surface area contributed by atoms with E-state index in [1.165, 1.54) is 0 Å². The molecule has 0 aliphatic carbocycles. The molecular weight excluding hydrogens is 204 g/mol. The Morgan fingerprint density at radius 1 is 1.31 bits per heavy atom. The highest BCUT2D eigenvalue weighted by Crippen LogP contribution is 2.19. The van der Waals surface area contributed by atoms with Gasteiger partial charge >= 0.3 is 0 Å². The molecule has 1 aliphatic rings. The molecule has 1 rings (SSSR count). The quantitative estimate of drug-likeness (QED) is 0.785. The SMILES string of the molecule is CC(C)CC(C)N1CC(=O)NC(C)(C)C1=O. The van der Waals surface area contributed by atoms with Crippen molar-refractivity contribution in [3.8, 4) is 0 Å². The van der Waals surface area contributed by atoms with Crippen molar-refractivity contribution < 1.29 is 9.59 Å². The van der Waals surface area contributed by atoms with E-state index in [2.05, 4.69) is 19.2 Å². The minimum absolute atomic E-state index is 0.0141. The number of amides is 2. The van der Waals surface area contributed by atoms with Gasteiger partial charge in [0.25, 0.3) is 0 Å². The first-order valence-electron chi connectivity index (χ1n) is 5.86. The topological polar surface area (TPSA) is 49.4 Å². The van der Waals surface area contributed by atoms with Gasteiger partial charge in [-0.25, -0.2) is 0 Å². The molecule has 0 bridgehead atoms. The molecule has 16 heavy (non-hydrogen) atoms. The molecule has 1 heterocycles. The summed E-state index contributed by atoms with van der Waals surface area (Å²) in [4.78, 5) is 25.3. The average Bonchev–Trinajstić information content (AvgIpc) is 2.09. The van der Waals surface area contributed by atoms with E-state index in [0.717, 1.165) is 6.42 Å². The van der Waals surface area contributed by atoms with Crippen molar-refractivity contribution in [2.24, 2.45) is 5.92 Å². The standard InChI is InChI=1S/C12H22N2O2/c1-8(2)6-9(3)14-7-10(15)13-12(4,5)11(14)16/h8-9H,6-7H2,1-5H3,(H,13,15). The summed E-state index contributed by atoms with van der Waals surface area (Å²) in [5, 5.41) is 2.71. The van der Waals surface area contributed by atoms with Crippen LogP contribution in [0.3, 0.4) is 0 Å². The highest BCUT2D eigenvalue weighted by Gasteiger charge is 2.40. The first kappa shape index (κ1) is 13.0. The summed E-state index contributed by atoms with van der Waals surface area (Å²) in [7, 11) is 0. The Balaban J connectivity index is 2.79. The lowest BCUT2D eigenvalue weighted by Gasteiger charge is -2.41. The number of hydrogen-bond acceptors (Lipinski definition) is 2. The minimum atomic E-state index is -0.763. The van der Waals surface area contributed by atoms with Gasteiger partial charge in [0, 0.05) is 6.04 Å². The number of rotatable bonds is 3. The van der Waals surface area contributed by atoms with E-state index in [1.807, 2.05) is 6.92 Å². The molecule has 1 aliphatic heterocycles. The molecule has 1 unspecified atom stereocenters. The maximum absolute atomic E-state index is 12.1. The third-order valence-electron chi connectivity index (χ3n) is 2.91. The van der Waals surface area contributed by atoms with Crippen molar-refractivity contribution in [1.82, 2.24) is 10.2 Å². The van der Waals surface area contributed by atoms with Crippen LogP contribution in [0.2, 0.25) is 0 Å². The van der Waals surface area contributed by atoms with Gasteiger partial charge in [-0.3, -0.25) is 9.59 Å². The van der Waals surface area contributed by atoms with Crippen LogP contribution in [0.5, 0.6) is 0 Å². The molecule has 0 radical (unpaired) electrons. The van der Waals surface area contributed by atoms with Gasteiger partial charge in [0.2, 0.25) is 11.8 Å². The number of carbonyl (C=O) groups excluding carboxylic acids is 2. The molecule has 4 heteroatoms. The summed E-state index contributed by atoms with van der Waals surface area (Å²) >= 11 is 0. The predicted molar refractivity (Wildman–Crippen MR) is 62.9 cm³/mol. The second-order valence-electron chi connectivity index (χ2n) is 5.58. The molecule has 1 N–H and O–H groups in total. The van der Waals surface area contributed by atoms with E-state index in [9.17, 15) is 9.59 Å². The molecule has 92 valence electrons. The Bertz CT molecular complexity index is 297. The van der Waals surface area contributed by atoms with Crippen molar-refractivity contribution in [3.05, 3.63) is 0 Å². The fourth-order valence-corrected chi connectivity index (χ4v) is 2.19. The van der Waals surface area contributed by atoms with Crippen molar-refractivity contribution in [2.75, 3.05) is 6.54 Å². The maximum Gasteiger partial charge on any atom is 0.248 e. The van der Waals surface area contributed by atoms with E-state index in [-0.39, 0.29) is 24.4 Å². The number of nitrogens with one attached hydrogen (secondary N) is 1. The van der Waals surface area contributed by atoms with Crippen molar-refractivity contribution in [3.63, 3.8) is 0 Å². The van der Waals surface area contributed by atoms with Crippen LogP contribution < -0.4 is 5.32 Å². The molecule has 1 saturated heterocycles. The van der Waals surface area contributed by atoms with Crippen LogP contribution in [0, 0.1) is 5.92 Å². The number of nitrogens with zero attached hydrogens (tertiary/aromatic N) is 1. The van der Waals surface area contributed by atoms with Crippen LogP contribution in [-0.4, -0.2) is 34.8 Å². The van der Waals surface area contributed by atoms with Gasteiger partial charge < -0.3 is 10.2 Å². The van der Waals surface area contributed by atoms with Gasteiger partial charge in [-0.15, -0.1) is 0 Å². The zero-order valence-electron chi connectivity index (χ0n) is 10.8. The fourth-order valence-electron chi connectivity index (χ4n) is 2.19. The van der Waals surface area contributed by atoms with E-state index in [4.69, 9.17) is 0 Å². The maximum atomic E-state index is 12.1. The molecule has 0 aromatic carbocycles. The van der Waals surface area contributed by atoms with E-state index < -0.39 is 5.54 Å². The third kappa shape index (κ3) is 2.74. The van der Waals surface area contributed by atoms with Crippen molar-refractivity contribution in [2.45, 2.75) is 52.6 Å². The molecule has 1 atom stereocenters. The van der Waals surface area contributed by atoms with Crippen LogP contribution in [0.25, 0.3) is 0 Å². The van der Waals surface area contributed by atoms with E-state index in [0.29, 0.717) is 5.92 Å². The summed E-state index contributed by atoms with van der Waals surface area (Å²) < 4.78 is 0. The Morgan fingerprint density at radius 2 is 1.88 bits per heavy atom. The molecular formula is C12H22N2O2. The third-order valence-corrected chi connectivity index (χ3v) is 2.91. The van der Waals surface area contributed by atoms with Crippen LogP contribution in [0.15, 0.2) is 0 Å². The molecule has 0 saturated carbocycles. The first-order chi connectivity index (χ1) is 7.24. The average molecular weight is 226 g/mol. The minimum Gasteiger partial charge on any atom is -0.341 e. The summed E-state index contributed by atoms with van der Waals surface area (Å²) in [5.41, 5.74) is -0.763. The lowest BCUT2D eigenvalue weighted by Crippen LogP contribution is -2.65. The van der Waals surface area contributed by atoms with Crippen LogP contribution in [0.4, 0.5) is 0 Å². The number of carbonyl (C=O) groups is 2. The lowest BCUT2D eigenvalue weighted by atomic mass is 9.96. The Kier molecular flexibility index (Phi) is 3.61. The summed E-state index contributed by atoms with van der Waals surface area (Å²) in [6.07, 6.45) is 0.926. The molecule has 0 aromatic heterocycles. The van der Waals surface area contributed by atoms with Gasteiger partial charge in [-0.2, -0.15) is 0 Å². The molecule has 4 nitrogen and oxygen atoms in total. The highest BCUT2D eigenvalue weighted by atomic mass is 16.2. The fraction of sp³-hybridized carbons (Fsp3) is 0.833. The summed E-state index contributed by atoms with van der Waals surface area (Å²) in [5.74, 6) is 0.469. The van der Waals surface area contributed by atoms with Gasteiger partial charge in [0.05, 0.1) is 6.54 Å². The van der Waals surface area contributed by atoms with Crippen molar-refractivity contribution in [1.29, 1.82) is 0 Å². The normalized spacial score (nSPS) is 22.2. The van der Waals surface area contributed by atoms with Gasteiger partial charge in [0.15, 0.2) is 0 Å². The largest absolute Gasteiger partial charge is 0.341 e. The van der Waals surface area contributed by atoms with E-state index >= 15 is 0 Å². The van der Waals surface area contributed by atoms with Crippen LogP contribution >= 0.6 is 0 Å². The van der Waals surface area contributed by atoms with E-state index in [1.54, 1.807) is 18.7 Å². The smallest absolute Gasteiger partial charge is 0.248 e. The monoisotopic (exact) mass is 226 g/mol. The first-order valence-corrected chi connectivity index (χ1v) is 5.86. The Hall–Kier alpha value is -1.06. The number of hydrogen-bond donors (Lipinski definition) is 1. The molecule has 0 aromatic rings. The second-order valence-corrected chi connectivity index (χ2v) is 5.58. The zero-order chi connectivity index (χ0) is 12.5.